The van der Waals surface area contributed by atoms with Gasteiger partial charge in [0.25, 0.3) is 0 Å². The molecule has 0 saturated heterocycles. The van der Waals surface area contributed by atoms with Gasteiger partial charge < -0.3 is 9.84 Å². The van der Waals surface area contributed by atoms with E-state index in [1.165, 1.54) is 39.0 Å². The largest absolute Gasteiger partial charge is 0.462 e. The third-order valence-corrected chi connectivity index (χ3v) is 6.59. The van der Waals surface area contributed by atoms with Crippen LogP contribution in [0.2, 0.25) is 0 Å². The molecule has 3 nitrogen and oxygen atoms in total. The van der Waals surface area contributed by atoms with E-state index in [9.17, 15) is 9.90 Å². The number of esters is 1. The van der Waals surface area contributed by atoms with Crippen molar-refractivity contribution in [2.24, 2.45) is 23.2 Å². The maximum Gasteiger partial charge on any atom is 0.302 e. The molecule has 0 amide bonds. The van der Waals surface area contributed by atoms with Crippen molar-refractivity contribution in [3.05, 3.63) is 0 Å². The Morgan fingerprint density at radius 2 is 2.04 bits per heavy atom. The van der Waals surface area contributed by atoms with Gasteiger partial charge in [-0.2, -0.15) is 0 Å². The molecule has 2 aliphatic carbocycles. The van der Waals surface area contributed by atoms with Crippen molar-refractivity contribution in [1.82, 2.24) is 0 Å². The van der Waals surface area contributed by atoms with Crippen LogP contribution in [0.3, 0.4) is 0 Å². The summed E-state index contributed by atoms with van der Waals surface area (Å²) in [6.45, 7) is 10.2. The first kappa shape index (κ1) is 18.8. The van der Waals surface area contributed by atoms with Gasteiger partial charge in [0.1, 0.15) is 6.10 Å². The van der Waals surface area contributed by atoms with Crippen molar-refractivity contribution in [1.29, 1.82) is 0 Å². The first-order chi connectivity index (χ1) is 10.6. The molecule has 1 N–H and O–H groups in total. The smallest absolute Gasteiger partial charge is 0.302 e. The Kier molecular flexibility index (Phi) is 5.81. The quantitative estimate of drug-likeness (QED) is 0.720. The minimum Gasteiger partial charge on any atom is -0.462 e. The lowest BCUT2D eigenvalue weighted by Crippen LogP contribution is -2.43. The van der Waals surface area contributed by atoms with Crippen molar-refractivity contribution < 1.29 is 14.6 Å². The number of ether oxygens (including phenoxy) is 1. The molecule has 134 valence electrons. The Balaban J connectivity index is 1.97. The molecule has 23 heavy (non-hydrogen) atoms. The molecule has 0 spiro atoms. The van der Waals surface area contributed by atoms with Crippen molar-refractivity contribution in [3.8, 4) is 0 Å². The number of hydrogen-bond donors (Lipinski definition) is 1. The van der Waals surface area contributed by atoms with Crippen molar-refractivity contribution >= 4 is 5.97 Å². The molecule has 3 heteroatoms. The molecule has 0 aliphatic heterocycles. The molecule has 0 heterocycles. The standard InChI is InChI=1S/C20H36O3/c1-14(8-6-12-19(3,4)22)16-10-11-17-18(23-15(2)21)9-7-13-20(16,17)5/h14,16-18,22H,6-13H2,1-5H3/t14-,16-,17+,18+,20-/m1/s1. The first-order valence-electron chi connectivity index (χ1n) is 9.53. The van der Waals surface area contributed by atoms with Gasteiger partial charge in [0.05, 0.1) is 5.60 Å². The van der Waals surface area contributed by atoms with Gasteiger partial charge in [-0.15, -0.1) is 0 Å². The number of rotatable bonds is 6. The summed E-state index contributed by atoms with van der Waals surface area (Å²) in [5.41, 5.74) is -0.223. The monoisotopic (exact) mass is 324 g/mol. The highest BCUT2D eigenvalue weighted by molar-refractivity contribution is 5.66. The second-order valence-electron chi connectivity index (χ2n) is 9.02. The van der Waals surface area contributed by atoms with Crippen LogP contribution >= 0.6 is 0 Å². The summed E-state index contributed by atoms with van der Waals surface area (Å²) in [7, 11) is 0. The lowest BCUT2D eigenvalue weighted by molar-refractivity contribution is -0.155. The van der Waals surface area contributed by atoms with Crippen LogP contribution in [-0.2, 0) is 9.53 Å². The maximum absolute atomic E-state index is 11.4. The van der Waals surface area contributed by atoms with Gasteiger partial charge >= 0.3 is 5.97 Å². The van der Waals surface area contributed by atoms with Crippen LogP contribution in [-0.4, -0.2) is 22.8 Å². The van der Waals surface area contributed by atoms with Gasteiger partial charge in [-0.1, -0.05) is 26.7 Å². The normalized spacial score (nSPS) is 35.7. The molecular formula is C20H36O3. The average molecular weight is 325 g/mol. The number of carbonyl (C=O) groups excluding carboxylic acids is 1. The van der Waals surface area contributed by atoms with Crippen molar-refractivity contribution in [2.45, 2.75) is 97.7 Å². The fourth-order valence-corrected chi connectivity index (χ4v) is 5.51. The molecule has 2 saturated carbocycles. The summed E-state index contributed by atoms with van der Waals surface area (Å²) in [5, 5.41) is 9.90. The number of carbonyl (C=O) groups is 1. The second kappa shape index (κ2) is 7.13. The van der Waals surface area contributed by atoms with E-state index in [4.69, 9.17) is 4.74 Å². The van der Waals surface area contributed by atoms with Gasteiger partial charge in [-0.3, -0.25) is 4.79 Å². The Hall–Kier alpha value is -0.570. The van der Waals surface area contributed by atoms with Crippen LogP contribution in [0.25, 0.3) is 0 Å². The van der Waals surface area contributed by atoms with Crippen LogP contribution in [0, 0.1) is 23.2 Å². The maximum atomic E-state index is 11.4. The fraction of sp³-hybridized carbons (Fsp3) is 0.950. The topological polar surface area (TPSA) is 46.5 Å². The van der Waals surface area contributed by atoms with Gasteiger partial charge in [-0.25, -0.2) is 0 Å². The zero-order chi connectivity index (χ0) is 17.3. The van der Waals surface area contributed by atoms with Crippen LogP contribution in [0.15, 0.2) is 0 Å². The lowest BCUT2D eigenvalue weighted by atomic mass is 9.61. The molecule has 2 aliphatic rings. The molecule has 2 rings (SSSR count). The molecule has 0 radical (unpaired) electrons. The summed E-state index contributed by atoms with van der Waals surface area (Å²) in [4.78, 5) is 11.4. The van der Waals surface area contributed by atoms with E-state index in [0.717, 1.165) is 25.2 Å². The molecule has 0 aromatic carbocycles. The highest BCUT2D eigenvalue weighted by Crippen LogP contribution is 2.58. The van der Waals surface area contributed by atoms with E-state index >= 15 is 0 Å². The predicted octanol–water partition coefficient (Wildman–Crippen LogP) is 4.71. The van der Waals surface area contributed by atoms with Gasteiger partial charge in [0.2, 0.25) is 0 Å². The third kappa shape index (κ3) is 4.49. The Morgan fingerprint density at radius 3 is 2.65 bits per heavy atom. The molecule has 0 aromatic heterocycles. The van der Waals surface area contributed by atoms with E-state index in [1.54, 1.807) is 0 Å². The summed E-state index contributed by atoms with van der Waals surface area (Å²) in [6.07, 6.45) is 9.26. The van der Waals surface area contributed by atoms with Crippen LogP contribution in [0.1, 0.15) is 86.0 Å². The van der Waals surface area contributed by atoms with E-state index in [2.05, 4.69) is 13.8 Å². The summed E-state index contributed by atoms with van der Waals surface area (Å²) in [5.74, 6) is 1.83. The van der Waals surface area contributed by atoms with Gasteiger partial charge in [-0.05, 0) is 69.6 Å². The molecule has 5 atom stereocenters. The van der Waals surface area contributed by atoms with Crippen molar-refractivity contribution in [3.63, 3.8) is 0 Å². The zero-order valence-corrected chi connectivity index (χ0v) is 15.7. The minimum atomic E-state index is -0.549. The molecular weight excluding hydrogens is 288 g/mol. The SMILES string of the molecule is CC(=O)O[C@H]1CCC[C@]2(C)[C@@H]([C@H](C)CCCC(C)(C)O)CC[C@@H]12. The fourth-order valence-electron chi connectivity index (χ4n) is 5.51. The second-order valence-corrected chi connectivity index (χ2v) is 9.02. The third-order valence-electron chi connectivity index (χ3n) is 6.59. The number of hydrogen-bond acceptors (Lipinski definition) is 3. The Labute approximate surface area is 142 Å². The highest BCUT2D eigenvalue weighted by atomic mass is 16.5. The van der Waals surface area contributed by atoms with E-state index < -0.39 is 5.60 Å². The average Bonchev–Trinajstić information content (AvgIpc) is 2.74. The molecule has 2 fully saturated rings. The Morgan fingerprint density at radius 1 is 1.35 bits per heavy atom. The first-order valence-corrected chi connectivity index (χ1v) is 9.53. The van der Waals surface area contributed by atoms with Crippen LogP contribution < -0.4 is 0 Å². The molecule has 0 bridgehead atoms. The highest BCUT2D eigenvalue weighted by Gasteiger charge is 2.53. The lowest BCUT2D eigenvalue weighted by Gasteiger charge is -2.46. The minimum absolute atomic E-state index is 0.124. The van der Waals surface area contributed by atoms with Crippen LogP contribution in [0.4, 0.5) is 0 Å². The predicted molar refractivity (Wildman–Crippen MR) is 93.0 cm³/mol. The summed E-state index contributed by atoms with van der Waals surface area (Å²) < 4.78 is 5.65. The van der Waals surface area contributed by atoms with Crippen LogP contribution in [0.5, 0.6) is 0 Å². The zero-order valence-electron chi connectivity index (χ0n) is 15.7. The molecule has 0 aromatic rings. The van der Waals surface area contributed by atoms with E-state index in [0.29, 0.717) is 17.3 Å². The van der Waals surface area contributed by atoms with E-state index in [-0.39, 0.29) is 12.1 Å². The number of aliphatic hydroxyl groups is 1. The molecule has 0 unspecified atom stereocenters. The van der Waals surface area contributed by atoms with Gasteiger partial charge in [0.15, 0.2) is 0 Å². The summed E-state index contributed by atoms with van der Waals surface area (Å²) in [6, 6.07) is 0. The van der Waals surface area contributed by atoms with Gasteiger partial charge in [0, 0.05) is 12.8 Å². The van der Waals surface area contributed by atoms with Crippen molar-refractivity contribution in [2.75, 3.05) is 0 Å². The Bertz CT molecular complexity index is 412. The summed E-state index contributed by atoms with van der Waals surface area (Å²) >= 11 is 0. The van der Waals surface area contributed by atoms with E-state index in [1.807, 2.05) is 13.8 Å². The number of fused-ring (bicyclic) bond motifs is 1.